The van der Waals surface area contributed by atoms with Gasteiger partial charge in [0.25, 0.3) is 5.91 Å². The molecule has 0 aliphatic carbocycles. The second-order valence-corrected chi connectivity index (χ2v) is 9.30. The molecule has 7 nitrogen and oxygen atoms in total. The highest BCUT2D eigenvalue weighted by atomic mass is 32.1. The highest BCUT2D eigenvalue weighted by Gasteiger charge is 2.28. The zero-order chi connectivity index (χ0) is 22.4. The van der Waals surface area contributed by atoms with E-state index in [1.165, 1.54) is 11.3 Å². The first-order chi connectivity index (χ1) is 15.4. The van der Waals surface area contributed by atoms with Crippen molar-refractivity contribution in [1.29, 1.82) is 0 Å². The molecule has 164 valence electrons. The number of fused-ring (bicyclic) bond motifs is 2. The zero-order valence-electron chi connectivity index (χ0n) is 18.4. The lowest BCUT2D eigenvalue weighted by atomic mass is 10.1. The maximum atomic E-state index is 13.2. The molecule has 0 bridgehead atoms. The Hall–Kier alpha value is -3.26. The molecule has 4 aromatic rings. The van der Waals surface area contributed by atoms with Crippen LogP contribution in [0.4, 0.5) is 0 Å². The summed E-state index contributed by atoms with van der Waals surface area (Å²) in [6.45, 7) is 7.98. The van der Waals surface area contributed by atoms with Crippen LogP contribution in [-0.4, -0.2) is 62.7 Å². The lowest BCUT2D eigenvalue weighted by Crippen LogP contribution is -2.50. The van der Waals surface area contributed by atoms with Crippen molar-refractivity contribution in [3.8, 4) is 0 Å². The van der Waals surface area contributed by atoms with Crippen LogP contribution in [0, 0.1) is 20.8 Å². The Bertz CT molecular complexity index is 1350. The van der Waals surface area contributed by atoms with Gasteiger partial charge in [-0.25, -0.2) is 9.97 Å². The number of aryl methyl sites for hydroxylation is 3. The number of nitrogens with zero attached hydrogens (tertiary/aromatic N) is 4. The minimum atomic E-state index is 0.0197. The van der Waals surface area contributed by atoms with Gasteiger partial charge in [-0.1, -0.05) is 18.2 Å². The summed E-state index contributed by atoms with van der Waals surface area (Å²) >= 11 is 1.44. The molecule has 32 heavy (non-hydrogen) atoms. The van der Waals surface area contributed by atoms with E-state index in [4.69, 9.17) is 0 Å². The SMILES string of the molecule is Cc1nc(C)c2c(C)c(C(=O)N3CCN(C(=O)Cc4c[nH]c5ccccc45)CC3)sc2n1. The van der Waals surface area contributed by atoms with Gasteiger partial charge in [-0.2, -0.15) is 0 Å². The number of thiophene rings is 1. The molecular weight excluding hydrogens is 422 g/mol. The van der Waals surface area contributed by atoms with Crippen LogP contribution in [0.3, 0.4) is 0 Å². The van der Waals surface area contributed by atoms with E-state index < -0.39 is 0 Å². The van der Waals surface area contributed by atoms with Crippen LogP contribution >= 0.6 is 11.3 Å². The highest BCUT2D eigenvalue weighted by molar-refractivity contribution is 7.20. The van der Waals surface area contributed by atoms with Crippen LogP contribution in [0.2, 0.25) is 0 Å². The molecule has 0 atom stereocenters. The first kappa shape index (κ1) is 20.6. The van der Waals surface area contributed by atoms with Gasteiger partial charge < -0.3 is 14.8 Å². The van der Waals surface area contributed by atoms with Crippen LogP contribution in [0.25, 0.3) is 21.1 Å². The number of carbonyl (C=O) groups is 2. The first-order valence-corrected chi connectivity index (χ1v) is 11.6. The molecule has 1 aliphatic rings. The van der Waals surface area contributed by atoms with Crippen molar-refractivity contribution in [2.75, 3.05) is 26.2 Å². The summed E-state index contributed by atoms with van der Waals surface area (Å²) in [5.41, 5.74) is 3.91. The van der Waals surface area contributed by atoms with E-state index >= 15 is 0 Å². The molecule has 5 rings (SSSR count). The Balaban J connectivity index is 1.27. The van der Waals surface area contributed by atoms with E-state index in [-0.39, 0.29) is 11.8 Å². The van der Waals surface area contributed by atoms with E-state index in [1.54, 1.807) is 0 Å². The van der Waals surface area contributed by atoms with Crippen molar-refractivity contribution in [2.45, 2.75) is 27.2 Å². The molecule has 1 saturated heterocycles. The number of piperazine rings is 1. The molecule has 2 amide bonds. The molecule has 3 aromatic heterocycles. The average molecular weight is 448 g/mol. The van der Waals surface area contributed by atoms with Gasteiger partial charge >= 0.3 is 0 Å². The summed E-state index contributed by atoms with van der Waals surface area (Å²) in [7, 11) is 0. The third kappa shape index (κ3) is 3.54. The topological polar surface area (TPSA) is 82.2 Å². The third-order valence-corrected chi connectivity index (χ3v) is 7.39. The van der Waals surface area contributed by atoms with Gasteiger partial charge in [0.15, 0.2) is 0 Å². The Kier molecular flexibility index (Phi) is 5.17. The lowest BCUT2D eigenvalue weighted by molar-refractivity contribution is -0.131. The molecule has 0 saturated carbocycles. The summed E-state index contributed by atoms with van der Waals surface area (Å²) in [4.78, 5) is 43.6. The summed E-state index contributed by atoms with van der Waals surface area (Å²) in [5, 5.41) is 2.07. The summed E-state index contributed by atoms with van der Waals surface area (Å²) in [5.74, 6) is 0.838. The molecular formula is C24H25N5O2S. The summed E-state index contributed by atoms with van der Waals surface area (Å²) < 4.78 is 0. The zero-order valence-corrected chi connectivity index (χ0v) is 19.3. The predicted octanol–water partition coefficient (Wildman–Crippen LogP) is 3.62. The van der Waals surface area contributed by atoms with Gasteiger partial charge in [0.1, 0.15) is 10.7 Å². The minimum Gasteiger partial charge on any atom is -0.361 e. The van der Waals surface area contributed by atoms with Crippen molar-refractivity contribution >= 4 is 44.3 Å². The fourth-order valence-electron chi connectivity index (χ4n) is 4.53. The fourth-order valence-corrected chi connectivity index (χ4v) is 5.78. The largest absolute Gasteiger partial charge is 0.361 e. The number of rotatable bonds is 3. The van der Waals surface area contributed by atoms with E-state index in [0.717, 1.165) is 48.6 Å². The number of aromatic amines is 1. The van der Waals surface area contributed by atoms with Gasteiger partial charge in [-0.3, -0.25) is 9.59 Å². The molecule has 1 aromatic carbocycles. The van der Waals surface area contributed by atoms with Crippen molar-refractivity contribution < 1.29 is 9.59 Å². The fraction of sp³-hybridized carbons (Fsp3) is 0.333. The predicted molar refractivity (Wildman–Crippen MR) is 126 cm³/mol. The standard InChI is InChI=1S/C24H25N5O2S/c1-14-21-15(2)26-16(3)27-23(21)32-22(14)24(31)29-10-8-28(9-11-29)20(30)12-17-13-25-19-7-5-4-6-18(17)19/h4-7,13,25H,8-12H2,1-3H3. The van der Waals surface area contributed by atoms with Gasteiger partial charge in [0, 0.05) is 54.4 Å². The van der Waals surface area contributed by atoms with Crippen molar-refractivity contribution in [3.63, 3.8) is 0 Å². The number of benzene rings is 1. The number of H-pyrrole nitrogens is 1. The Labute approximate surface area is 190 Å². The van der Waals surface area contributed by atoms with Gasteiger partial charge in [-0.05, 0) is 38.0 Å². The number of amides is 2. The van der Waals surface area contributed by atoms with Crippen LogP contribution in [0.5, 0.6) is 0 Å². The lowest BCUT2D eigenvalue weighted by Gasteiger charge is -2.34. The van der Waals surface area contributed by atoms with E-state index in [1.807, 2.05) is 61.0 Å². The molecule has 0 spiro atoms. The smallest absolute Gasteiger partial charge is 0.264 e. The molecule has 8 heteroatoms. The van der Waals surface area contributed by atoms with Gasteiger partial charge in [-0.15, -0.1) is 11.3 Å². The Morgan fingerprint density at radius 1 is 1.03 bits per heavy atom. The maximum Gasteiger partial charge on any atom is 0.264 e. The quantitative estimate of drug-likeness (QED) is 0.520. The Morgan fingerprint density at radius 2 is 1.75 bits per heavy atom. The van der Waals surface area contributed by atoms with Crippen LogP contribution < -0.4 is 0 Å². The number of hydrogen-bond donors (Lipinski definition) is 1. The summed E-state index contributed by atoms with van der Waals surface area (Å²) in [6, 6.07) is 8.01. The molecule has 0 unspecified atom stereocenters. The van der Waals surface area contributed by atoms with Gasteiger partial charge in [0.2, 0.25) is 5.91 Å². The Morgan fingerprint density at radius 3 is 2.53 bits per heavy atom. The number of hydrogen-bond acceptors (Lipinski definition) is 5. The van der Waals surface area contributed by atoms with Crippen LogP contribution in [0.1, 0.15) is 32.3 Å². The third-order valence-electron chi connectivity index (χ3n) is 6.21. The highest BCUT2D eigenvalue weighted by Crippen LogP contribution is 2.32. The number of carbonyl (C=O) groups excluding carboxylic acids is 2. The van der Waals surface area contributed by atoms with Crippen molar-refractivity contribution in [2.24, 2.45) is 0 Å². The normalized spacial score (nSPS) is 14.5. The van der Waals surface area contributed by atoms with E-state index in [0.29, 0.717) is 32.6 Å². The minimum absolute atomic E-state index is 0.0197. The van der Waals surface area contributed by atoms with Gasteiger partial charge in [0.05, 0.1) is 11.3 Å². The second kappa shape index (κ2) is 8.02. The summed E-state index contributed by atoms with van der Waals surface area (Å²) in [6.07, 6.45) is 2.28. The monoisotopic (exact) mass is 447 g/mol. The number of aromatic nitrogens is 3. The van der Waals surface area contributed by atoms with Crippen molar-refractivity contribution in [1.82, 2.24) is 24.8 Å². The first-order valence-electron chi connectivity index (χ1n) is 10.8. The number of para-hydroxylation sites is 1. The number of nitrogens with one attached hydrogen (secondary N) is 1. The molecule has 1 N–H and O–H groups in total. The van der Waals surface area contributed by atoms with E-state index in [9.17, 15) is 9.59 Å². The average Bonchev–Trinajstić information content (AvgIpc) is 3.34. The molecule has 4 heterocycles. The molecule has 1 aliphatic heterocycles. The van der Waals surface area contributed by atoms with E-state index in [2.05, 4.69) is 15.0 Å². The molecule has 0 radical (unpaired) electrons. The van der Waals surface area contributed by atoms with Crippen LogP contribution in [-0.2, 0) is 11.2 Å². The van der Waals surface area contributed by atoms with Crippen LogP contribution in [0.15, 0.2) is 30.5 Å². The maximum absolute atomic E-state index is 13.2. The second-order valence-electron chi connectivity index (χ2n) is 8.30. The van der Waals surface area contributed by atoms with Crippen molar-refractivity contribution in [3.05, 3.63) is 58.0 Å². The molecule has 1 fully saturated rings.